The van der Waals surface area contributed by atoms with E-state index in [0.717, 1.165) is 18.4 Å². The largest absolute Gasteiger partial charge is 0.478 e. The van der Waals surface area contributed by atoms with Crippen LogP contribution < -0.4 is 0 Å². The van der Waals surface area contributed by atoms with E-state index in [2.05, 4.69) is 6.92 Å². The summed E-state index contributed by atoms with van der Waals surface area (Å²) in [6, 6.07) is 9.95. The van der Waals surface area contributed by atoms with Crippen molar-refractivity contribution in [3.8, 4) is 0 Å². The first-order chi connectivity index (χ1) is 8.04. The van der Waals surface area contributed by atoms with Crippen molar-refractivity contribution in [2.75, 3.05) is 0 Å². The average Bonchev–Trinajstić information content (AvgIpc) is 2.29. The minimum absolute atomic E-state index is 0.356. The maximum Gasteiger partial charge on any atom is 0.332 e. The van der Waals surface area contributed by atoms with E-state index < -0.39 is 5.97 Å². The number of aliphatic carboxylic acids is 1. The van der Waals surface area contributed by atoms with E-state index in [9.17, 15) is 9.90 Å². The van der Waals surface area contributed by atoms with Gasteiger partial charge in [-0.3, -0.25) is 0 Å². The lowest BCUT2D eigenvalue weighted by molar-refractivity contribution is -0.133. The molecule has 0 fully saturated rings. The first-order valence-corrected chi connectivity index (χ1v) is 6.03. The standard InChI is InChI=1S/C15H18O2/c1-11-8-9-13(14(16)17)15(2,10-11)12-6-4-3-5-7-12/h3-7,9,11H,8,10H2,1-2H3,(H,16,17). The highest BCUT2D eigenvalue weighted by atomic mass is 16.4. The number of carboxylic acid groups (broad SMARTS) is 1. The Hall–Kier alpha value is -1.57. The molecule has 1 aromatic rings. The van der Waals surface area contributed by atoms with E-state index in [1.807, 2.05) is 43.3 Å². The second-order valence-electron chi connectivity index (χ2n) is 5.17. The minimum atomic E-state index is -0.789. The SMILES string of the molecule is CC1CC=C(C(=O)O)C(C)(c2ccccc2)C1. The summed E-state index contributed by atoms with van der Waals surface area (Å²) in [5.41, 5.74) is 1.28. The van der Waals surface area contributed by atoms with E-state index >= 15 is 0 Å². The fourth-order valence-electron chi connectivity index (χ4n) is 2.84. The summed E-state index contributed by atoms with van der Waals surface area (Å²) in [6.45, 7) is 4.22. The fraction of sp³-hybridized carbons (Fsp3) is 0.400. The number of allylic oxidation sites excluding steroid dienone is 1. The molecule has 0 saturated heterocycles. The summed E-state index contributed by atoms with van der Waals surface area (Å²) in [5.74, 6) is -0.258. The Morgan fingerprint density at radius 1 is 1.35 bits per heavy atom. The first-order valence-electron chi connectivity index (χ1n) is 6.03. The Morgan fingerprint density at radius 2 is 2.00 bits per heavy atom. The molecule has 0 radical (unpaired) electrons. The van der Waals surface area contributed by atoms with Gasteiger partial charge in [0, 0.05) is 11.0 Å². The predicted molar refractivity (Wildman–Crippen MR) is 67.9 cm³/mol. The smallest absolute Gasteiger partial charge is 0.332 e. The zero-order valence-corrected chi connectivity index (χ0v) is 10.3. The first kappa shape index (κ1) is 11.9. The number of benzene rings is 1. The second-order valence-corrected chi connectivity index (χ2v) is 5.17. The molecule has 2 unspecified atom stereocenters. The molecule has 1 N–H and O–H groups in total. The highest BCUT2D eigenvalue weighted by Gasteiger charge is 2.38. The molecule has 0 saturated carbocycles. The highest BCUT2D eigenvalue weighted by Crippen LogP contribution is 2.42. The predicted octanol–water partition coefficient (Wildman–Crippen LogP) is 3.39. The molecule has 90 valence electrons. The molecule has 2 rings (SSSR count). The number of hydrogen-bond donors (Lipinski definition) is 1. The van der Waals surface area contributed by atoms with Crippen molar-refractivity contribution < 1.29 is 9.90 Å². The molecule has 1 aliphatic rings. The van der Waals surface area contributed by atoms with Crippen molar-refractivity contribution in [1.29, 1.82) is 0 Å². The lowest BCUT2D eigenvalue weighted by Gasteiger charge is -2.37. The van der Waals surface area contributed by atoms with Crippen LogP contribution in [0.15, 0.2) is 42.0 Å². The molecule has 0 heterocycles. The van der Waals surface area contributed by atoms with Gasteiger partial charge < -0.3 is 5.11 Å². The summed E-state index contributed by atoms with van der Waals surface area (Å²) < 4.78 is 0. The van der Waals surface area contributed by atoms with Crippen molar-refractivity contribution in [3.05, 3.63) is 47.5 Å². The van der Waals surface area contributed by atoms with Crippen molar-refractivity contribution >= 4 is 5.97 Å². The molecular weight excluding hydrogens is 212 g/mol. The maximum atomic E-state index is 11.4. The number of rotatable bonds is 2. The molecule has 0 spiro atoms. The zero-order chi connectivity index (χ0) is 12.5. The Balaban J connectivity index is 2.49. The van der Waals surface area contributed by atoms with Crippen molar-refractivity contribution in [1.82, 2.24) is 0 Å². The van der Waals surface area contributed by atoms with Crippen LogP contribution in [0.25, 0.3) is 0 Å². The molecule has 2 nitrogen and oxygen atoms in total. The molecule has 17 heavy (non-hydrogen) atoms. The van der Waals surface area contributed by atoms with Gasteiger partial charge in [0.15, 0.2) is 0 Å². The summed E-state index contributed by atoms with van der Waals surface area (Å²) in [6.07, 6.45) is 3.66. The van der Waals surface area contributed by atoms with Crippen LogP contribution in [0.5, 0.6) is 0 Å². The van der Waals surface area contributed by atoms with Crippen LogP contribution >= 0.6 is 0 Å². The van der Waals surface area contributed by atoms with Crippen LogP contribution in [-0.4, -0.2) is 11.1 Å². The molecule has 1 aromatic carbocycles. The lowest BCUT2D eigenvalue weighted by Crippen LogP contribution is -2.34. The van der Waals surface area contributed by atoms with Gasteiger partial charge >= 0.3 is 5.97 Å². The summed E-state index contributed by atoms with van der Waals surface area (Å²) in [4.78, 5) is 11.4. The van der Waals surface area contributed by atoms with Gasteiger partial charge in [-0.25, -0.2) is 4.79 Å². The highest BCUT2D eigenvalue weighted by molar-refractivity contribution is 5.90. The molecule has 0 amide bonds. The third-order valence-electron chi connectivity index (χ3n) is 3.72. The molecule has 0 bridgehead atoms. The van der Waals surface area contributed by atoms with Crippen LogP contribution in [-0.2, 0) is 10.2 Å². The van der Waals surface area contributed by atoms with Gasteiger partial charge in [0.05, 0.1) is 0 Å². The maximum absolute atomic E-state index is 11.4. The van der Waals surface area contributed by atoms with Crippen LogP contribution in [0.4, 0.5) is 0 Å². The molecule has 2 atom stereocenters. The number of hydrogen-bond acceptors (Lipinski definition) is 1. The van der Waals surface area contributed by atoms with Gasteiger partial charge in [-0.1, -0.05) is 50.3 Å². The van der Waals surface area contributed by atoms with E-state index in [-0.39, 0.29) is 5.41 Å². The Kier molecular flexibility index (Phi) is 3.05. The van der Waals surface area contributed by atoms with Crippen molar-refractivity contribution in [2.45, 2.75) is 32.1 Å². The van der Waals surface area contributed by atoms with Crippen LogP contribution in [0.3, 0.4) is 0 Å². The Bertz CT molecular complexity index is 447. The quantitative estimate of drug-likeness (QED) is 0.845. The summed E-state index contributed by atoms with van der Waals surface area (Å²) in [7, 11) is 0. The fourth-order valence-corrected chi connectivity index (χ4v) is 2.84. The number of carboxylic acids is 1. The van der Waals surface area contributed by atoms with E-state index in [0.29, 0.717) is 11.5 Å². The van der Waals surface area contributed by atoms with E-state index in [1.165, 1.54) is 0 Å². The van der Waals surface area contributed by atoms with Gasteiger partial charge in [0.1, 0.15) is 0 Å². The van der Waals surface area contributed by atoms with Gasteiger partial charge in [-0.2, -0.15) is 0 Å². The molecule has 1 aliphatic carbocycles. The zero-order valence-electron chi connectivity index (χ0n) is 10.3. The lowest BCUT2D eigenvalue weighted by atomic mass is 9.66. The van der Waals surface area contributed by atoms with Crippen LogP contribution in [0.2, 0.25) is 0 Å². The normalized spacial score (nSPS) is 28.6. The third-order valence-corrected chi connectivity index (χ3v) is 3.72. The van der Waals surface area contributed by atoms with Gasteiger partial charge in [0.25, 0.3) is 0 Å². The van der Waals surface area contributed by atoms with Crippen LogP contribution in [0.1, 0.15) is 32.3 Å². The van der Waals surface area contributed by atoms with Gasteiger partial charge in [0.2, 0.25) is 0 Å². The Labute approximate surface area is 102 Å². The summed E-state index contributed by atoms with van der Waals surface area (Å²) in [5, 5.41) is 9.35. The van der Waals surface area contributed by atoms with Gasteiger partial charge in [-0.05, 0) is 24.3 Å². The molecule has 0 aliphatic heterocycles. The van der Waals surface area contributed by atoms with E-state index in [1.54, 1.807) is 0 Å². The number of carbonyl (C=O) groups is 1. The summed E-state index contributed by atoms with van der Waals surface area (Å²) >= 11 is 0. The Morgan fingerprint density at radius 3 is 2.59 bits per heavy atom. The molecular formula is C15H18O2. The van der Waals surface area contributed by atoms with Crippen LogP contribution in [0, 0.1) is 5.92 Å². The molecule has 2 heteroatoms. The second kappa shape index (κ2) is 4.36. The topological polar surface area (TPSA) is 37.3 Å². The van der Waals surface area contributed by atoms with Crippen molar-refractivity contribution in [3.63, 3.8) is 0 Å². The minimum Gasteiger partial charge on any atom is -0.478 e. The van der Waals surface area contributed by atoms with Crippen molar-refractivity contribution in [2.24, 2.45) is 5.92 Å². The third kappa shape index (κ3) is 2.12. The van der Waals surface area contributed by atoms with Gasteiger partial charge in [-0.15, -0.1) is 0 Å². The monoisotopic (exact) mass is 230 g/mol. The van der Waals surface area contributed by atoms with E-state index in [4.69, 9.17) is 0 Å². The molecule has 0 aromatic heterocycles. The average molecular weight is 230 g/mol.